The Hall–Kier alpha value is -1.00. The molecule has 0 aromatic carbocycles. The van der Waals surface area contributed by atoms with Gasteiger partial charge in [0.25, 0.3) is 0 Å². The lowest BCUT2D eigenvalue weighted by Gasteiger charge is -2.26. The summed E-state index contributed by atoms with van der Waals surface area (Å²) in [5.74, 6) is 0. The normalized spacial score (nSPS) is 23.7. The molecular formula is C11H18N4. The standard InChI is InChI=1S/C11H18N4/c1-9(11-8-13-5-6-14-11)15-10-3-2-4-12-7-10/h5-6,8-10,12,15H,2-4,7H2,1H3/t9-,10+/m0/s1. The first-order valence-electron chi connectivity index (χ1n) is 5.59. The van der Waals surface area contributed by atoms with Crippen molar-refractivity contribution in [3.63, 3.8) is 0 Å². The molecule has 2 rings (SSSR count). The fourth-order valence-electron chi connectivity index (χ4n) is 1.97. The Morgan fingerprint density at radius 2 is 2.47 bits per heavy atom. The molecule has 0 saturated carbocycles. The predicted octanol–water partition coefficient (Wildman–Crippen LogP) is 0.879. The fourth-order valence-corrected chi connectivity index (χ4v) is 1.97. The Bertz CT molecular complexity index is 282. The number of rotatable bonds is 3. The zero-order chi connectivity index (χ0) is 10.5. The van der Waals surface area contributed by atoms with Gasteiger partial charge in [-0.15, -0.1) is 0 Å². The number of aromatic nitrogens is 2. The van der Waals surface area contributed by atoms with Crippen LogP contribution in [0.15, 0.2) is 18.6 Å². The number of nitrogens with one attached hydrogen (secondary N) is 2. The molecule has 0 bridgehead atoms. The third-order valence-electron chi connectivity index (χ3n) is 2.81. The van der Waals surface area contributed by atoms with E-state index in [1.165, 1.54) is 12.8 Å². The summed E-state index contributed by atoms with van der Waals surface area (Å²) in [4.78, 5) is 8.38. The average Bonchev–Trinajstić information content (AvgIpc) is 2.31. The molecule has 2 heterocycles. The van der Waals surface area contributed by atoms with Crippen LogP contribution in [0.2, 0.25) is 0 Å². The van der Waals surface area contributed by atoms with Crippen LogP contribution in [0.5, 0.6) is 0 Å². The Kier molecular flexibility index (Phi) is 3.64. The summed E-state index contributed by atoms with van der Waals surface area (Å²) in [5, 5.41) is 6.96. The summed E-state index contributed by atoms with van der Waals surface area (Å²) in [5.41, 5.74) is 1.02. The molecule has 1 aliphatic heterocycles. The van der Waals surface area contributed by atoms with Crippen molar-refractivity contribution >= 4 is 0 Å². The highest BCUT2D eigenvalue weighted by atomic mass is 15.0. The van der Waals surface area contributed by atoms with Gasteiger partial charge in [0, 0.05) is 37.2 Å². The second kappa shape index (κ2) is 5.19. The minimum atomic E-state index is 0.281. The smallest absolute Gasteiger partial charge is 0.0753 e. The SMILES string of the molecule is C[C@H](N[C@@H]1CCCNC1)c1cnccn1. The number of nitrogens with zero attached hydrogens (tertiary/aromatic N) is 2. The Morgan fingerprint density at radius 1 is 1.53 bits per heavy atom. The van der Waals surface area contributed by atoms with Crippen LogP contribution in [0, 0.1) is 0 Å². The van der Waals surface area contributed by atoms with E-state index in [0.717, 1.165) is 18.8 Å². The molecule has 15 heavy (non-hydrogen) atoms. The van der Waals surface area contributed by atoms with Gasteiger partial charge in [-0.1, -0.05) is 0 Å². The van der Waals surface area contributed by atoms with Gasteiger partial charge in [-0.05, 0) is 26.3 Å². The second-order valence-electron chi connectivity index (χ2n) is 4.06. The van der Waals surface area contributed by atoms with Gasteiger partial charge in [-0.25, -0.2) is 0 Å². The first kappa shape index (κ1) is 10.5. The summed E-state index contributed by atoms with van der Waals surface area (Å²) in [6, 6.07) is 0.847. The van der Waals surface area contributed by atoms with Crippen molar-refractivity contribution in [2.24, 2.45) is 0 Å². The van der Waals surface area contributed by atoms with Crippen LogP contribution < -0.4 is 10.6 Å². The van der Waals surface area contributed by atoms with Gasteiger partial charge in [-0.2, -0.15) is 0 Å². The van der Waals surface area contributed by atoms with Crippen molar-refractivity contribution in [2.45, 2.75) is 31.8 Å². The molecule has 4 heteroatoms. The summed E-state index contributed by atoms with van der Waals surface area (Å²) in [7, 11) is 0. The van der Waals surface area contributed by atoms with Crippen molar-refractivity contribution in [3.8, 4) is 0 Å². The van der Waals surface area contributed by atoms with E-state index in [0.29, 0.717) is 6.04 Å². The van der Waals surface area contributed by atoms with Crippen molar-refractivity contribution in [1.82, 2.24) is 20.6 Å². The first-order chi connectivity index (χ1) is 7.36. The Labute approximate surface area is 90.5 Å². The van der Waals surface area contributed by atoms with Crippen LogP contribution in [-0.4, -0.2) is 29.1 Å². The lowest BCUT2D eigenvalue weighted by molar-refractivity contribution is 0.359. The van der Waals surface area contributed by atoms with Crippen LogP contribution >= 0.6 is 0 Å². The molecule has 1 aromatic heterocycles. The Balaban J connectivity index is 1.88. The molecule has 2 atom stereocenters. The molecule has 1 fully saturated rings. The largest absolute Gasteiger partial charge is 0.315 e. The van der Waals surface area contributed by atoms with Gasteiger partial charge in [0.2, 0.25) is 0 Å². The molecule has 1 saturated heterocycles. The molecule has 0 aliphatic carbocycles. The van der Waals surface area contributed by atoms with E-state index in [9.17, 15) is 0 Å². The van der Waals surface area contributed by atoms with Crippen LogP contribution in [-0.2, 0) is 0 Å². The fraction of sp³-hybridized carbons (Fsp3) is 0.636. The molecule has 0 spiro atoms. The van der Waals surface area contributed by atoms with Crippen molar-refractivity contribution in [3.05, 3.63) is 24.3 Å². The van der Waals surface area contributed by atoms with Crippen molar-refractivity contribution in [1.29, 1.82) is 0 Å². The van der Waals surface area contributed by atoms with E-state index in [4.69, 9.17) is 0 Å². The van der Waals surface area contributed by atoms with Crippen LogP contribution in [0.3, 0.4) is 0 Å². The third-order valence-corrected chi connectivity index (χ3v) is 2.81. The highest BCUT2D eigenvalue weighted by Gasteiger charge is 2.16. The molecule has 2 N–H and O–H groups in total. The maximum absolute atomic E-state index is 4.30. The summed E-state index contributed by atoms with van der Waals surface area (Å²) >= 11 is 0. The van der Waals surface area contributed by atoms with Crippen LogP contribution in [0.25, 0.3) is 0 Å². The minimum Gasteiger partial charge on any atom is -0.315 e. The van der Waals surface area contributed by atoms with E-state index in [-0.39, 0.29) is 6.04 Å². The van der Waals surface area contributed by atoms with E-state index < -0.39 is 0 Å². The molecule has 4 nitrogen and oxygen atoms in total. The number of piperidine rings is 1. The quantitative estimate of drug-likeness (QED) is 0.771. The maximum Gasteiger partial charge on any atom is 0.0753 e. The van der Waals surface area contributed by atoms with Gasteiger partial charge in [0.05, 0.1) is 5.69 Å². The van der Waals surface area contributed by atoms with Gasteiger partial charge in [-0.3, -0.25) is 9.97 Å². The van der Waals surface area contributed by atoms with E-state index in [1.54, 1.807) is 12.4 Å². The summed E-state index contributed by atoms with van der Waals surface area (Å²) in [6.45, 7) is 4.35. The molecule has 1 aromatic rings. The summed E-state index contributed by atoms with van der Waals surface area (Å²) < 4.78 is 0. The topological polar surface area (TPSA) is 49.8 Å². The number of hydrogen-bond donors (Lipinski definition) is 2. The second-order valence-corrected chi connectivity index (χ2v) is 4.06. The van der Waals surface area contributed by atoms with Gasteiger partial charge in [0.15, 0.2) is 0 Å². The highest BCUT2D eigenvalue weighted by molar-refractivity contribution is 5.01. The van der Waals surface area contributed by atoms with E-state index >= 15 is 0 Å². The predicted molar refractivity (Wildman–Crippen MR) is 59.5 cm³/mol. The first-order valence-corrected chi connectivity index (χ1v) is 5.59. The van der Waals surface area contributed by atoms with Crippen molar-refractivity contribution in [2.75, 3.05) is 13.1 Å². The maximum atomic E-state index is 4.30. The lowest BCUT2D eigenvalue weighted by atomic mass is 10.1. The number of hydrogen-bond acceptors (Lipinski definition) is 4. The third kappa shape index (κ3) is 2.97. The van der Waals surface area contributed by atoms with Gasteiger partial charge >= 0.3 is 0 Å². The molecule has 0 radical (unpaired) electrons. The highest BCUT2D eigenvalue weighted by Crippen LogP contribution is 2.11. The zero-order valence-corrected chi connectivity index (χ0v) is 9.11. The van der Waals surface area contributed by atoms with E-state index in [1.807, 2.05) is 6.20 Å². The molecule has 0 unspecified atom stereocenters. The van der Waals surface area contributed by atoms with Gasteiger partial charge < -0.3 is 10.6 Å². The molecule has 82 valence electrons. The Morgan fingerprint density at radius 3 is 3.13 bits per heavy atom. The van der Waals surface area contributed by atoms with Crippen LogP contribution in [0.4, 0.5) is 0 Å². The van der Waals surface area contributed by atoms with E-state index in [2.05, 4.69) is 27.5 Å². The molecule has 0 amide bonds. The average molecular weight is 206 g/mol. The monoisotopic (exact) mass is 206 g/mol. The van der Waals surface area contributed by atoms with Crippen LogP contribution in [0.1, 0.15) is 31.5 Å². The lowest BCUT2D eigenvalue weighted by Crippen LogP contribution is -2.44. The van der Waals surface area contributed by atoms with Crippen molar-refractivity contribution < 1.29 is 0 Å². The molecular weight excluding hydrogens is 188 g/mol. The summed E-state index contributed by atoms with van der Waals surface area (Å²) in [6.07, 6.45) is 7.78. The zero-order valence-electron chi connectivity index (χ0n) is 9.11. The van der Waals surface area contributed by atoms with Gasteiger partial charge in [0.1, 0.15) is 0 Å². The molecule has 1 aliphatic rings. The minimum absolute atomic E-state index is 0.281.